The molecule has 0 aliphatic carbocycles. The van der Waals surface area contributed by atoms with Crippen LogP contribution < -0.4 is 5.32 Å². The van der Waals surface area contributed by atoms with Gasteiger partial charge in [-0.1, -0.05) is 29.9 Å². The van der Waals surface area contributed by atoms with Crippen LogP contribution in [0.15, 0.2) is 18.5 Å². The molecule has 1 N–H and O–H groups in total. The molecule has 2 atom stereocenters. The molecule has 2 unspecified atom stereocenters. The Balaban J connectivity index is 2.17. The highest BCUT2D eigenvalue weighted by molar-refractivity contribution is 7.84. The summed E-state index contributed by atoms with van der Waals surface area (Å²) in [5.74, 6) is -0.912. The van der Waals surface area contributed by atoms with Crippen molar-refractivity contribution in [2.75, 3.05) is 17.3 Å². The van der Waals surface area contributed by atoms with E-state index in [0.717, 1.165) is 17.5 Å². The summed E-state index contributed by atoms with van der Waals surface area (Å²) in [6, 6.07) is 1.29. The van der Waals surface area contributed by atoms with E-state index in [2.05, 4.69) is 15.3 Å². The summed E-state index contributed by atoms with van der Waals surface area (Å²) in [7, 11) is -1.06. The largest absolute Gasteiger partial charge is 0.315 e. The van der Waals surface area contributed by atoms with Crippen molar-refractivity contribution >= 4 is 44.6 Å². The van der Waals surface area contributed by atoms with Crippen molar-refractivity contribution in [2.45, 2.75) is 6.92 Å². The standard InChI is InChI=1S/C13H13ClFN3O2S2/c1-7(6-22(2)20)11(19)18-13-10(14)17-12(21-13)8-3-9(15)5-16-4-8/h3-5,7H,6H2,1-2H3,(H,18,19). The van der Waals surface area contributed by atoms with Gasteiger partial charge >= 0.3 is 0 Å². The number of hydrogen-bond donors (Lipinski definition) is 1. The third kappa shape index (κ3) is 4.31. The Kier molecular flexibility index (Phi) is 5.60. The van der Waals surface area contributed by atoms with Crippen LogP contribution in [0.25, 0.3) is 10.6 Å². The van der Waals surface area contributed by atoms with Gasteiger partial charge in [0.15, 0.2) is 5.15 Å². The molecule has 0 aliphatic rings. The Morgan fingerprint density at radius 3 is 2.91 bits per heavy atom. The first kappa shape index (κ1) is 17.0. The summed E-state index contributed by atoms with van der Waals surface area (Å²) in [4.78, 5) is 19.8. The molecule has 0 fully saturated rings. The normalized spacial score (nSPS) is 13.6. The molecule has 1 amide bonds. The number of thiazole rings is 1. The number of rotatable bonds is 5. The molecule has 0 saturated carbocycles. The molecule has 0 aliphatic heterocycles. The predicted octanol–water partition coefficient (Wildman–Crippen LogP) is 2.95. The fourth-order valence-corrected chi connectivity index (χ4v) is 3.69. The fraction of sp³-hybridized carbons (Fsp3) is 0.308. The Bertz CT molecular complexity index is 723. The van der Waals surface area contributed by atoms with Gasteiger partial charge in [0.2, 0.25) is 5.91 Å². The minimum Gasteiger partial charge on any atom is -0.315 e. The molecule has 0 saturated heterocycles. The van der Waals surface area contributed by atoms with E-state index in [9.17, 15) is 13.4 Å². The Morgan fingerprint density at radius 1 is 1.55 bits per heavy atom. The van der Waals surface area contributed by atoms with Crippen molar-refractivity contribution < 1.29 is 13.4 Å². The molecule has 2 rings (SSSR count). The van der Waals surface area contributed by atoms with Crippen LogP contribution in [0.4, 0.5) is 9.39 Å². The highest BCUT2D eigenvalue weighted by Gasteiger charge is 2.19. The lowest BCUT2D eigenvalue weighted by atomic mass is 10.2. The van der Waals surface area contributed by atoms with Crippen LogP contribution in [-0.2, 0) is 15.6 Å². The lowest BCUT2D eigenvalue weighted by molar-refractivity contribution is -0.118. The minimum atomic E-state index is -1.06. The van der Waals surface area contributed by atoms with E-state index in [0.29, 0.717) is 15.6 Å². The summed E-state index contributed by atoms with van der Waals surface area (Å²) in [6.07, 6.45) is 4.10. The summed E-state index contributed by atoms with van der Waals surface area (Å²) < 4.78 is 24.3. The van der Waals surface area contributed by atoms with Crippen molar-refractivity contribution in [1.29, 1.82) is 0 Å². The van der Waals surface area contributed by atoms with Crippen LogP contribution in [0.5, 0.6) is 0 Å². The topological polar surface area (TPSA) is 72.0 Å². The van der Waals surface area contributed by atoms with Gasteiger partial charge in [0.1, 0.15) is 15.8 Å². The maximum Gasteiger partial charge on any atom is 0.228 e. The average molecular weight is 362 g/mol. The number of anilines is 1. The van der Waals surface area contributed by atoms with Crippen molar-refractivity contribution in [3.63, 3.8) is 0 Å². The van der Waals surface area contributed by atoms with E-state index >= 15 is 0 Å². The molecule has 2 heterocycles. The van der Waals surface area contributed by atoms with Gasteiger partial charge in [-0.05, 0) is 6.07 Å². The Morgan fingerprint density at radius 2 is 2.27 bits per heavy atom. The van der Waals surface area contributed by atoms with Gasteiger partial charge in [-0.15, -0.1) is 0 Å². The van der Waals surface area contributed by atoms with Gasteiger partial charge in [-0.2, -0.15) is 0 Å². The van der Waals surface area contributed by atoms with Crippen LogP contribution in [0.3, 0.4) is 0 Å². The van der Waals surface area contributed by atoms with Gasteiger partial charge in [-0.25, -0.2) is 9.37 Å². The molecular weight excluding hydrogens is 349 g/mol. The van der Waals surface area contributed by atoms with Gasteiger partial charge in [0.05, 0.1) is 6.20 Å². The molecular formula is C13H13ClFN3O2S2. The zero-order chi connectivity index (χ0) is 16.3. The van der Waals surface area contributed by atoms with Crippen molar-refractivity contribution in [3.05, 3.63) is 29.4 Å². The molecule has 0 spiro atoms. The SMILES string of the molecule is CC(CS(C)=O)C(=O)Nc1sc(-c2cncc(F)c2)nc1Cl. The third-order valence-electron chi connectivity index (χ3n) is 2.71. The highest BCUT2D eigenvalue weighted by Crippen LogP contribution is 2.35. The number of carbonyl (C=O) groups is 1. The quantitative estimate of drug-likeness (QED) is 0.888. The number of pyridine rings is 1. The highest BCUT2D eigenvalue weighted by atomic mass is 35.5. The average Bonchev–Trinajstić information content (AvgIpc) is 2.79. The monoisotopic (exact) mass is 361 g/mol. The zero-order valence-corrected chi connectivity index (χ0v) is 14.2. The Labute approximate surface area is 138 Å². The molecule has 2 aromatic rings. The summed E-state index contributed by atoms with van der Waals surface area (Å²) in [6.45, 7) is 1.68. The van der Waals surface area contributed by atoms with Crippen LogP contribution in [0.2, 0.25) is 5.15 Å². The Hall–Kier alpha value is -1.38. The molecule has 0 bridgehead atoms. The predicted molar refractivity (Wildman–Crippen MR) is 87.0 cm³/mol. The summed E-state index contributed by atoms with van der Waals surface area (Å²) >= 11 is 7.13. The zero-order valence-electron chi connectivity index (χ0n) is 11.8. The number of nitrogens with zero attached hydrogens (tertiary/aromatic N) is 2. The molecule has 0 aromatic carbocycles. The van der Waals surface area contributed by atoms with Crippen LogP contribution in [0, 0.1) is 11.7 Å². The fourth-order valence-electron chi connectivity index (χ4n) is 1.69. The van der Waals surface area contributed by atoms with Gasteiger partial charge in [-0.3, -0.25) is 14.0 Å². The molecule has 2 aromatic heterocycles. The summed E-state index contributed by atoms with van der Waals surface area (Å²) in [5.41, 5.74) is 0.482. The number of nitrogens with one attached hydrogen (secondary N) is 1. The van der Waals surface area contributed by atoms with E-state index in [1.807, 2.05) is 0 Å². The van der Waals surface area contributed by atoms with Crippen molar-refractivity contribution in [3.8, 4) is 10.6 Å². The van der Waals surface area contributed by atoms with Crippen LogP contribution >= 0.6 is 22.9 Å². The smallest absolute Gasteiger partial charge is 0.228 e. The van der Waals surface area contributed by atoms with Crippen molar-refractivity contribution in [1.82, 2.24) is 9.97 Å². The second kappa shape index (κ2) is 7.26. The first-order chi connectivity index (χ1) is 10.4. The maximum atomic E-state index is 13.2. The number of aromatic nitrogens is 2. The molecule has 118 valence electrons. The van der Waals surface area contributed by atoms with Crippen LogP contribution in [0.1, 0.15) is 6.92 Å². The summed E-state index contributed by atoms with van der Waals surface area (Å²) in [5, 5.41) is 3.62. The van der Waals surface area contributed by atoms with Gasteiger partial charge < -0.3 is 5.32 Å². The molecule has 22 heavy (non-hydrogen) atoms. The maximum absolute atomic E-state index is 13.2. The number of amides is 1. The third-order valence-corrected chi connectivity index (χ3v) is 5.08. The number of carbonyl (C=O) groups excluding carboxylic acids is 1. The second-order valence-corrected chi connectivity index (χ2v) is 7.50. The minimum absolute atomic E-state index is 0.127. The second-order valence-electron chi connectivity index (χ2n) is 4.66. The van der Waals surface area contributed by atoms with Gasteiger partial charge in [0.25, 0.3) is 0 Å². The van der Waals surface area contributed by atoms with Crippen LogP contribution in [-0.4, -0.2) is 32.1 Å². The molecule has 0 radical (unpaired) electrons. The molecule has 5 nitrogen and oxygen atoms in total. The first-order valence-electron chi connectivity index (χ1n) is 6.25. The van der Waals surface area contributed by atoms with E-state index in [1.54, 1.807) is 13.2 Å². The van der Waals surface area contributed by atoms with Gasteiger partial charge in [0, 0.05) is 40.5 Å². The van der Waals surface area contributed by atoms with E-state index in [-0.39, 0.29) is 16.8 Å². The molecule has 9 heteroatoms. The van der Waals surface area contributed by atoms with E-state index in [1.165, 1.54) is 12.3 Å². The van der Waals surface area contributed by atoms with E-state index < -0.39 is 22.5 Å². The van der Waals surface area contributed by atoms with E-state index in [4.69, 9.17) is 11.6 Å². The number of hydrogen-bond acceptors (Lipinski definition) is 5. The lowest BCUT2D eigenvalue weighted by Crippen LogP contribution is -2.24. The van der Waals surface area contributed by atoms with Crippen molar-refractivity contribution in [2.24, 2.45) is 5.92 Å². The lowest BCUT2D eigenvalue weighted by Gasteiger charge is -2.09. The number of halogens is 2. The first-order valence-corrected chi connectivity index (χ1v) is 9.17.